The Bertz CT molecular complexity index is 1280. The fourth-order valence-electron chi connectivity index (χ4n) is 4.27. The molecule has 0 fully saturated rings. The van der Waals surface area contributed by atoms with Gasteiger partial charge in [0.1, 0.15) is 5.82 Å². The van der Waals surface area contributed by atoms with E-state index in [1.54, 1.807) is 23.0 Å². The van der Waals surface area contributed by atoms with Gasteiger partial charge in [-0.3, -0.25) is 4.79 Å². The summed E-state index contributed by atoms with van der Waals surface area (Å²) >= 11 is 0. The van der Waals surface area contributed by atoms with Crippen molar-refractivity contribution in [2.45, 2.75) is 25.7 Å². The van der Waals surface area contributed by atoms with E-state index in [2.05, 4.69) is 24.2 Å². The summed E-state index contributed by atoms with van der Waals surface area (Å²) in [5.41, 5.74) is 11.4. The van der Waals surface area contributed by atoms with Crippen LogP contribution in [0.25, 0.3) is 16.7 Å². The number of anilines is 1. The largest absolute Gasteiger partial charge is 0.397 e. The standard InChI is InChI=1S/C23H19FN4O/c1-13-5-2-3-8-17(13)14-9-19-21(20(29)10-14)22(25)18-12-26-28(23(18)27-19)16-7-4-6-15(24)11-16/h2-8,11-12,14H,9-10H2,1H3,(H2,25,27)/t14-/m1/s1. The number of hydrogen-bond acceptors (Lipinski definition) is 4. The lowest BCUT2D eigenvalue weighted by Crippen LogP contribution is -2.22. The third-order valence-corrected chi connectivity index (χ3v) is 5.66. The maximum atomic E-state index is 13.7. The van der Waals surface area contributed by atoms with Gasteiger partial charge in [-0.1, -0.05) is 30.3 Å². The molecule has 0 unspecified atom stereocenters. The Morgan fingerprint density at radius 1 is 1.14 bits per heavy atom. The number of benzene rings is 2. The molecule has 1 aliphatic rings. The van der Waals surface area contributed by atoms with Crippen LogP contribution in [0, 0.1) is 12.7 Å². The van der Waals surface area contributed by atoms with Gasteiger partial charge < -0.3 is 5.73 Å². The average Bonchev–Trinajstić information content (AvgIpc) is 3.12. The minimum absolute atomic E-state index is 0.00455. The van der Waals surface area contributed by atoms with Crippen LogP contribution in [0.1, 0.15) is 39.5 Å². The Morgan fingerprint density at radius 3 is 2.76 bits per heavy atom. The molecule has 144 valence electrons. The highest BCUT2D eigenvalue weighted by Gasteiger charge is 2.31. The normalized spacial score (nSPS) is 16.2. The molecule has 0 aliphatic heterocycles. The van der Waals surface area contributed by atoms with Crippen molar-refractivity contribution in [1.29, 1.82) is 0 Å². The zero-order valence-electron chi connectivity index (χ0n) is 15.9. The van der Waals surface area contributed by atoms with E-state index in [4.69, 9.17) is 10.7 Å². The Kier molecular flexibility index (Phi) is 3.94. The lowest BCUT2D eigenvalue weighted by atomic mass is 9.79. The Balaban J connectivity index is 1.67. The molecule has 0 spiro atoms. The van der Waals surface area contributed by atoms with Crippen molar-refractivity contribution in [2.24, 2.45) is 0 Å². The maximum absolute atomic E-state index is 13.7. The number of pyridine rings is 1. The van der Waals surface area contributed by atoms with Gasteiger partial charge in [-0.05, 0) is 48.6 Å². The van der Waals surface area contributed by atoms with E-state index >= 15 is 0 Å². The molecule has 0 saturated heterocycles. The fraction of sp³-hybridized carbons (Fsp3) is 0.174. The molecule has 1 atom stereocenters. The van der Waals surface area contributed by atoms with Crippen molar-refractivity contribution in [2.75, 3.05) is 5.73 Å². The Labute approximate surface area is 167 Å². The molecule has 6 heteroatoms. The first-order chi connectivity index (χ1) is 14.0. The predicted octanol–water partition coefficient (Wildman–Crippen LogP) is 4.36. The van der Waals surface area contributed by atoms with Gasteiger partial charge in [0.25, 0.3) is 0 Å². The second-order valence-corrected chi connectivity index (χ2v) is 7.51. The summed E-state index contributed by atoms with van der Waals surface area (Å²) in [7, 11) is 0. The van der Waals surface area contributed by atoms with Gasteiger partial charge in [-0.2, -0.15) is 5.10 Å². The summed E-state index contributed by atoms with van der Waals surface area (Å²) in [4.78, 5) is 17.7. The predicted molar refractivity (Wildman–Crippen MR) is 110 cm³/mol. The first-order valence-corrected chi connectivity index (χ1v) is 9.53. The molecule has 2 heterocycles. The van der Waals surface area contributed by atoms with Gasteiger partial charge in [0.2, 0.25) is 0 Å². The molecule has 0 saturated carbocycles. The van der Waals surface area contributed by atoms with Crippen LogP contribution in [0.2, 0.25) is 0 Å². The van der Waals surface area contributed by atoms with E-state index in [0.717, 1.165) is 11.1 Å². The molecule has 0 amide bonds. The minimum Gasteiger partial charge on any atom is -0.397 e. The number of aryl methyl sites for hydroxylation is 1. The highest BCUT2D eigenvalue weighted by molar-refractivity contribution is 6.09. The average molecular weight is 386 g/mol. The molecule has 5 nitrogen and oxygen atoms in total. The number of carbonyl (C=O) groups excluding carboxylic acids is 1. The molecule has 0 radical (unpaired) electrons. The zero-order valence-corrected chi connectivity index (χ0v) is 15.9. The van der Waals surface area contributed by atoms with E-state index in [1.165, 1.54) is 12.1 Å². The van der Waals surface area contributed by atoms with E-state index in [1.807, 2.05) is 12.1 Å². The molecular weight excluding hydrogens is 367 g/mol. The quantitative estimate of drug-likeness (QED) is 0.555. The number of fused-ring (bicyclic) bond motifs is 2. The highest BCUT2D eigenvalue weighted by Crippen LogP contribution is 2.38. The molecule has 2 aromatic carbocycles. The van der Waals surface area contributed by atoms with Crippen molar-refractivity contribution in [3.63, 3.8) is 0 Å². The molecule has 2 aromatic heterocycles. The third-order valence-electron chi connectivity index (χ3n) is 5.66. The first kappa shape index (κ1) is 17.6. The van der Waals surface area contributed by atoms with Crippen LogP contribution in [0.15, 0.2) is 54.7 Å². The molecule has 0 bridgehead atoms. The molecular formula is C23H19FN4O. The summed E-state index contributed by atoms with van der Waals surface area (Å²) in [6.07, 6.45) is 2.62. The fourth-order valence-corrected chi connectivity index (χ4v) is 4.27. The second-order valence-electron chi connectivity index (χ2n) is 7.51. The maximum Gasteiger partial charge on any atom is 0.167 e. The van der Waals surface area contributed by atoms with Gasteiger partial charge in [0.05, 0.1) is 34.2 Å². The lowest BCUT2D eigenvalue weighted by molar-refractivity contribution is 0.0964. The van der Waals surface area contributed by atoms with Crippen LogP contribution in [-0.4, -0.2) is 20.5 Å². The van der Waals surface area contributed by atoms with Crippen LogP contribution in [0.5, 0.6) is 0 Å². The minimum atomic E-state index is -0.355. The summed E-state index contributed by atoms with van der Waals surface area (Å²) in [6.45, 7) is 2.05. The van der Waals surface area contributed by atoms with Gasteiger partial charge in [0.15, 0.2) is 11.4 Å². The summed E-state index contributed by atoms with van der Waals surface area (Å²) < 4.78 is 15.3. The number of rotatable bonds is 2. The topological polar surface area (TPSA) is 73.8 Å². The second kappa shape index (κ2) is 6.51. The first-order valence-electron chi connectivity index (χ1n) is 9.53. The van der Waals surface area contributed by atoms with Gasteiger partial charge >= 0.3 is 0 Å². The van der Waals surface area contributed by atoms with Crippen molar-refractivity contribution >= 4 is 22.5 Å². The van der Waals surface area contributed by atoms with Crippen molar-refractivity contribution < 1.29 is 9.18 Å². The molecule has 2 N–H and O–H groups in total. The van der Waals surface area contributed by atoms with Crippen molar-refractivity contribution in [3.05, 3.63) is 82.9 Å². The van der Waals surface area contributed by atoms with Crippen LogP contribution < -0.4 is 5.73 Å². The number of aromatic nitrogens is 3. The van der Waals surface area contributed by atoms with Crippen molar-refractivity contribution in [3.8, 4) is 5.69 Å². The molecule has 5 rings (SSSR count). The number of ketones is 1. The zero-order chi connectivity index (χ0) is 20.1. The smallest absolute Gasteiger partial charge is 0.167 e. The van der Waals surface area contributed by atoms with Crippen LogP contribution in [0.4, 0.5) is 10.1 Å². The Hall–Kier alpha value is -3.54. The van der Waals surface area contributed by atoms with Crippen LogP contribution in [-0.2, 0) is 6.42 Å². The number of halogens is 1. The van der Waals surface area contributed by atoms with Gasteiger partial charge in [-0.25, -0.2) is 14.1 Å². The number of nitrogens with two attached hydrogens (primary N) is 1. The van der Waals surface area contributed by atoms with E-state index in [-0.39, 0.29) is 17.5 Å². The van der Waals surface area contributed by atoms with Crippen LogP contribution >= 0.6 is 0 Å². The lowest BCUT2D eigenvalue weighted by Gasteiger charge is -2.25. The number of hydrogen-bond donors (Lipinski definition) is 1. The molecule has 1 aliphatic carbocycles. The number of carbonyl (C=O) groups is 1. The number of nitrogen functional groups attached to an aromatic ring is 1. The SMILES string of the molecule is Cc1ccccc1[C@H]1CC(=O)c2c(nc3c(cnn3-c3cccc(F)c3)c2N)C1. The van der Waals surface area contributed by atoms with E-state index < -0.39 is 0 Å². The molecule has 4 aromatic rings. The third kappa shape index (κ3) is 2.79. The summed E-state index contributed by atoms with van der Waals surface area (Å²) in [5.74, 6) is -0.289. The van der Waals surface area contributed by atoms with Gasteiger partial charge in [-0.15, -0.1) is 0 Å². The summed E-state index contributed by atoms with van der Waals surface area (Å²) in [6, 6.07) is 14.3. The van der Waals surface area contributed by atoms with Gasteiger partial charge in [0, 0.05) is 6.42 Å². The van der Waals surface area contributed by atoms with Crippen LogP contribution in [0.3, 0.4) is 0 Å². The number of nitrogens with zero attached hydrogens (tertiary/aromatic N) is 3. The van der Waals surface area contributed by atoms with E-state index in [0.29, 0.717) is 46.5 Å². The van der Waals surface area contributed by atoms with Crippen molar-refractivity contribution in [1.82, 2.24) is 14.8 Å². The Morgan fingerprint density at radius 2 is 1.97 bits per heavy atom. The molecule has 29 heavy (non-hydrogen) atoms. The summed E-state index contributed by atoms with van der Waals surface area (Å²) in [5, 5.41) is 4.96. The van der Waals surface area contributed by atoms with E-state index in [9.17, 15) is 9.18 Å². The highest BCUT2D eigenvalue weighted by atomic mass is 19.1. The monoisotopic (exact) mass is 386 g/mol. The number of Topliss-reactive ketones (excluding diaryl/α,β-unsaturated/α-hetero) is 1.